The van der Waals surface area contributed by atoms with Crippen molar-refractivity contribution in [1.29, 1.82) is 0 Å². The normalized spacial score (nSPS) is 19.4. The lowest BCUT2D eigenvalue weighted by Crippen LogP contribution is -2.48. The van der Waals surface area contributed by atoms with E-state index in [1.807, 2.05) is 6.07 Å². The molecule has 1 atom stereocenters. The number of hydrogen-bond acceptors (Lipinski definition) is 4. The Morgan fingerprint density at radius 3 is 2.70 bits per heavy atom. The van der Waals surface area contributed by atoms with Crippen LogP contribution in [0.5, 0.6) is 0 Å². The second kappa shape index (κ2) is 6.45. The summed E-state index contributed by atoms with van der Waals surface area (Å²) in [5, 5.41) is 12.0. The highest BCUT2D eigenvalue weighted by Crippen LogP contribution is 2.47. The molecule has 1 aromatic rings. The van der Waals surface area contributed by atoms with E-state index in [2.05, 4.69) is 5.32 Å². The topological polar surface area (TPSA) is 86.7 Å². The fourth-order valence-corrected chi connectivity index (χ4v) is 4.09. The molecule has 0 spiro atoms. The number of rotatable bonds is 6. The van der Waals surface area contributed by atoms with Gasteiger partial charge in [-0.15, -0.1) is 11.8 Å². The summed E-state index contributed by atoms with van der Waals surface area (Å²) in [5.74, 6) is -1.33. The molecule has 0 unspecified atom stereocenters. The molecule has 0 radical (unpaired) electrons. The second-order valence-electron chi connectivity index (χ2n) is 5.34. The molecule has 7 heteroatoms. The van der Waals surface area contributed by atoms with E-state index in [0.717, 1.165) is 4.91 Å². The Morgan fingerprint density at radius 1 is 1.30 bits per heavy atom. The van der Waals surface area contributed by atoms with Crippen LogP contribution in [0.2, 0.25) is 0 Å². The van der Waals surface area contributed by atoms with Crippen LogP contribution in [0.4, 0.5) is 0 Å². The van der Waals surface area contributed by atoms with Gasteiger partial charge in [0.15, 0.2) is 0 Å². The van der Waals surface area contributed by atoms with Crippen LogP contribution in [0, 0.1) is 0 Å². The van der Waals surface area contributed by atoms with Crippen molar-refractivity contribution in [3.63, 3.8) is 0 Å². The molecule has 0 aliphatic carbocycles. The predicted octanol–water partition coefficient (Wildman–Crippen LogP) is 1.80. The molecule has 6 nitrogen and oxygen atoms in total. The van der Waals surface area contributed by atoms with Gasteiger partial charge >= 0.3 is 5.97 Å². The number of carboxylic acids is 1. The Bertz CT molecular complexity index is 687. The maximum absolute atomic E-state index is 11.9. The van der Waals surface area contributed by atoms with Gasteiger partial charge in [-0.1, -0.05) is 18.2 Å². The number of fused-ring (bicyclic) bond motifs is 1. The van der Waals surface area contributed by atoms with Gasteiger partial charge in [0.05, 0.1) is 11.8 Å². The first-order valence-corrected chi connectivity index (χ1v) is 8.24. The standard InChI is InChI=1S/C16H16N2O4S/c19-12-9-13-18(12)14(16(21)22)11(23-13)7-4-8-17-15(20)10-5-2-1-3-6-10/h1-3,5-6,13H,4,7-9H2,(H,17,20)(H,21,22)/t13-/m0/s1. The summed E-state index contributed by atoms with van der Waals surface area (Å²) in [6.45, 7) is 0.462. The summed E-state index contributed by atoms with van der Waals surface area (Å²) < 4.78 is 0. The molecule has 1 fully saturated rings. The highest BCUT2D eigenvalue weighted by atomic mass is 32.2. The van der Waals surface area contributed by atoms with Gasteiger partial charge in [0, 0.05) is 17.0 Å². The van der Waals surface area contributed by atoms with Crippen molar-refractivity contribution in [1.82, 2.24) is 10.2 Å². The summed E-state index contributed by atoms with van der Waals surface area (Å²) in [4.78, 5) is 36.8. The monoisotopic (exact) mass is 332 g/mol. The van der Waals surface area contributed by atoms with E-state index in [0.29, 0.717) is 31.4 Å². The average Bonchev–Trinajstić information content (AvgIpc) is 2.84. The summed E-state index contributed by atoms with van der Waals surface area (Å²) in [6, 6.07) is 8.93. The molecule has 3 rings (SSSR count). The zero-order valence-corrected chi connectivity index (χ0v) is 13.1. The van der Waals surface area contributed by atoms with Crippen LogP contribution < -0.4 is 5.32 Å². The van der Waals surface area contributed by atoms with E-state index in [-0.39, 0.29) is 22.9 Å². The van der Waals surface area contributed by atoms with Crippen molar-refractivity contribution in [2.24, 2.45) is 0 Å². The molecule has 120 valence electrons. The van der Waals surface area contributed by atoms with Crippen LogP contribution in [0.3, 0.4) is 0 Å². The molecule has 2 aliphatic heterocycles. The van der Waals surface area contributed by atoms with Gasteiger partial charge in [0.25, 0.3) is 5.91 Å². The maximum atomic E-state index is 11.9. The van der Waals surface area contributed by atoms with Gasteiger partial charge in [-0.25, -0.2) is 4.79 Å². The van der Waals surface area contributed by atoms with E-state index in [4.69, 9.17) is 0 Å². The van der Waals surface area contributed by atoms with E-state index in [1.165, 1.54) is 16.7 Å². The highest BCUT2D eigenvalue weighted by molar-refractivity contribution is 8.04. The fourth-order valence-electron chi connectivity index (χ4n) is 2.65. The molecule has 0 aromatic heterocycles. The minimum atomic E-state index is -1.06. The molecule has 1 saturated heterocycles. The molecule has 2 aliphatic rings. The van der Waals surface area contributed by atoms with Gasteiger partial charge in [0.2, 0.25) is 5.91 Å². The second-order valence-corrected chi connectivity index (χ2v) is 6.62. The summed E-state index contributed by atoms with van der Waals surface area (Å²) in [6.07, 6.45) is 1.57. The molecule has 2 N–H and O–H groups in total. The Kier molecular flexibility index (Phi) is 4.38. The van der Waals surface area contributed by atoms with Gasteiger partial charge in [-0.3, -0.25) is 14.5 Å². The van der Waals surface area contributed by atoms with Crippen LogP contribution in [-0.4, -0.2) is 39.7 Å². The van der Waals surface area contributed by atoms with Gasteiger partial charge in [0.1, 0.15) is 5.70 Å². The molecular formula is C16H16N2O4S. The van der Waals surface area contributed by atoms with Crippen LogP contribution in [0.25, 0.3) is 0 Å². The lowest BCUT2D eigenvalue weighted by molar-refractivity contribution is -0.145. The average molecular weight is 332 g/mol. The van der Waals surface area contributed by atoms with Crippen molar-refractivity contribution in [3.05, 3.63) is 46.5 Å². The molecule has 23 heavy (non-hydrogen) atoms. The number of carbonyl (C=O) groups is 3. The zero-order valence-electron chi connectivity index (χ0n) is 12.3. The number of thioether (sulfide) groups is 1. The van der Waals surface area contributed by atoms with Crippen LogP contribution >= 0.6 is 11.8 Å². The van der Waals surface area contributed by atoms with Crippen molar-refractivity contribution < 1.29 is 19.5 Å². The molecule has 0 bridgehead atoms. The molecule has 2 heterocycles. The largest absolute Gasteiger partial charge is 0.477 e. The smallest absolute Gasteiger partial charge is 0.353 e. The van der Waals surface area contributed by atoms with Crippen LogP contribution in [-0.2, 0) is 9.59 Å². The number of nitrogens with one attached hydrogen (secondary N) is 1. The summed E-state index contributed by atoms with van der Waals surface area (Å²) in [5.41, 5.74) is 0.716. The minimum Gasteiger partial charge on any atom is -0.477 e. The van der Waals surface area contributed by atoms with Crippen molar-refractivity contribution in [2.75, 3.05) is 6.54 Å². The zero-order chi connectivity index (χ0) is 16.4. The Morgan fingerprint density at radius 2 is 2.04 bits per heavy atom. The number of β-lactam (4-membered cyclic amide) rings is 1. The van der Waals surface area contributed by atoms with E-state index < -0.39 is 5.97 Å². The summed E-state index contributed by atoms with van der Waals surface area (Å²) >= 11 is 1.45. The quantitative estimate of drug-likeness (QED) is 0.613. The third-order valence-electron chi connectivity index (χ3n) is 3.79. The predicted molar refractivity (Wildman–Crippen MR) is 85.5 cm³/mol. The molecule has 2 amide bonds. The van der Waals surface area contributed by atoms with Gasteiger partial charge < -0.3 is 10.4 Å². The maximum Gasteiger partial charge on any atom is 0.353 e. The lowest BCUT2D eigenvalue weighted by Gasteiger charge is -2.33. The number of aliphatic carboxylic acids is 1. The third kappa shape index (κ3) is 3.10. The van der Waals surface area contributed by atoms with Crippen molar-refractivity contribution >= 4 is 29.5 Å². The Labute approximate surface area is 137 Å². The number of hydrogen-bond donors (Lipinski definition) is 2. The third-order valence-corrected chi connectivity index (χ3v) is 5.13. The highest BCUT2D eigenvalue weighted by Gasteiger charge is 2.47. The first kappa shape index (κ1) is 15.6. The van der Waals surface area contributed by atoms with Crippen molar-refractivity contribution in [2.45, 2.75) is 24.6 Å². The lowest BCUT2D eigenvalue weighted by atomic mass is 10.1. The first-order valence-electron chi connectivity index (χ1n) is 7.36. The first-order chi connectivity index (χ1) is 11.1. The number of carboxylic acid groups (broad SMARTS) is 1. The van der Waals surface area contributed by atoms with Crippen molar-refractivity contribution in [3.8, 4) is 0 Å². The van der Waals surface area contributed by atoms with Crippen LogP contribution in [0.1, 0.15) is 29.6 Å². The minimum absolute atomic E-state index is 0.0532. The molecular weight excluding hydrogens is 316 g/mol. The number of allylic oxidation sites excluding steroid dienone is 1. The number of carbonyl (C=O) groups excluding carboxylic acids is 2. The number of benzene rings is 1. The van der Waals surface area contributed by atoms with E-state index in [9.17, 15) is 19.5 Å². The number of nitrogens with zero attached hydrogens (tertiary/aromatic N) is 1. The number of amides is 2. The summed E-state index contributed by atoms with van der Waals surface area (Å²) in [7, 11) is 0. The van der Waals surface area contributed by atoms with Gasteiger partial charge in [-0.05, 0) is 25.0 Å². The van der Waals surface area contributed by atoms with Gasteiger partial charge in [-0.2, -0.15) is 0 Å². The SMILES string of the molecule is O=C(O)C1=C(CCCNC(=O)c2ccccc2)S[C@H]2CC(=O)N12. The molecule has 0 saturated carbocycles. The molecule has 1 aromatic carbocycles. The Balaban J connectivity index is 1.52. The fraction of sp³-hybridized carbons (Fsp3) is 0.312. The Hall–Kier alpha value is -2.28. The van der Waals surface area contributed by atoms with E-state index >= 15 is 0 Å². The van der Waals surface area contributed by atoms with E-state index in [1.54, 1.807) is 24.3 Å². The van der Waals surface area contributed by atoms with Crippen LogP contribution in [0.15, 0.2) is 40.9 Å².